The van der Waals surface area contributed by atoms with E-state index >= 15 is 0 Å². The summed E-state index contributed by atoms with van der Waals surface area (Å²) in [5.41, 5.74) is -0.371. The Hall–Kier alpha value is 1.02. The van der Waals surface area contributed by atoms with Gasteiger partial charge in [-0.25, -0.2) is 0 Å². The van der Waals surface area contributed by atoms with Gasteiger partial charge in [-0.3, -0.25) is 0 Å². The summed E-state index contributed by atoms with van der Waals surface area (Å²) >= 11 is 20.2. The number of alkyl halides is 4. The Balaban J connectivity index is 4.01. The molecule has 0 radical (unpaired) electrons. The molecule has 0 saturated carbocycles. The maximum Gasteiger partial charge on any atom is 0.191 e. The topological polar surface area (TPSA) is 17.1 Å². The van der Waals surface area contributed by atoms with Gasteiger partial charge in [0.25, 0.3) is 0 Å². The van der Waals surface area contributed by atoms with Crippen molar-refractivity contribution in [3.63, 3.8) is 0 Å². The molecule has 78 valence electrons. The fourth-order valence-electron chi connectivity index (χ4n) is 0.942. The molecule has 0 amide bonds. The van der Waals surface area contributed by atoms with E-state index in [0.29, 0.717) is 12.8 Å². The van der Waals surface area contributed by atoms with Gasteiger partial charge in [0.05, 0.1) is 0 Å². The molecule has 0 saturated heterocycles. The van der Waals surface area contributed by atoms with Crippen molar-refractivity contribution in [2.24, 2.45) is 5.41 Å². The second-order valence-corrected chi connectivity index (χ2v) is 7.54. The highest BCUT2D eigenvalue weighted by Crippen LogP contribution is 2.36. The van der Waals surface area contributed by atoms with Gasteiger partial charge in [0.2, 0.25) is 0 Å². The van der Waals surface area contributed by atoms with Gasteiger partial charge in [0.1, 0.15) is 6.29 Å². The zero-order valence-corrected chi connectivity index (χ0v) is 11.3. The molecule has 1 nitrogen and oxygen atoms in total. The van der Waals surface area contributed by atoms with Crippen LogP contribution >= 0.6 is 50.7 Å². The Labute approximate surface area is 102 Å². The van der Waals surface area contributed by atoms with Crippen molar-refractivity contribution in [3.05, 3.63) is 0 Å². The van der Waals surface area contributed by atoms with Crippen LogP contribution < -0.4 is 0 Å². The van der Waals surface area contributed by atoms with Crippen molar-refractivity contribution < 1.29 is 4.79 Å². The van der Waals surface area contributed by atoms with Gasteiger partial charge >= 0.3 is 0 Å². The van der Waals surface area contributed by atoms with Crippen molar-refractivity contribution in [2.45, 2.75) is 35.3 Å². The molecule has 0 fully saturated rings. The van der Waals surface area contributed by atoms with Gasteiger partial charge in [-0.05, 0) is 6.42 Å². The molecule has 0 aromatic rings. The Morgan fingerprint density at radius 1 is 1.31 bits per heavy atom. The first kappa shape index (κ1) is 14.0. The highest BCUT2D eigenvalue weighted by atomic mass is 79.9. The van der Waals surface area contributed by atoms with Crippen molar-refractivity contribution in [1.82, 2.24) is 0 Å². The quantitative estimate of drug-likeness (QED) is 0.564. The van der Waals surface area contributed by atoms with E-state index in [2.05, 4.69) is 15.9 Å². The first-order chi connectivity index (χ1) is 5.66. The SMILES string of the molecule is CC(C)(C=O)CC(Br)CC(Cl)(Cl)Cl. The summed E-state index contributed by atoms with van der Waals surface area (Å²) < 4.78 is -1.26. The third-order valence-electron chi connectivity index (χ3n) is 1.52. The molecule has 5 heteroatoms. The van der Waals surface area contributed by atoms with E-state index in [4.69, 9.17) is 34.8 Å². The van der Waals surface area contributed by atoms with Crippen LogP contribution in [0.1, 0.15) is 26.7 Å². The fourth-order valence-corrected chi connectivity index (χ4v) is 3.38. The number of hydrogen-bond donors (Lipinski definition) is 0. The fraction of sp³-hybridized carbons (Fsp3) is 0.875. The molecule has 0 N–H and O–H groups in total. The van der Waals surface area contributed by atoms with E-state index in [9.17, 15) is 4.79 Å². The smallest absolute Gasteiger partial charge is 0.191 e. The zero-order chi connectivity index (χ0) is 10.7. The van der Waals surface area contributed by atoms with Crippen LogP contribution in [0.15, 0.2) is 0 Å². The van der Waals surface area contributed by atoms with Crippen LogP contribution in [0.25, 0.3) is 0 Å². The lowest BCUT2D eigenvalue weighted by Crippen LogP contribution is -2.21. The molecular formula is C8H12BrCl3O. The maximum absolute atomic E-state index is 10.6. The maximum atomic E-state index is 10.6. The van der Waals surface area contributed by atoms with Crippen molar-refractivity contribution in [1.29, 1.82) is 0 Å². The zero-order valence-electron chi connectivity index (χ0n) is 7.49. The standard InChI is InChI=1S/C8H12BrCl3O/c1-7(2,5-13)3-6(9)4-8(10,11)12/h5-6H,3-4H2,1-2H3. The Bertz CT molecular complexity index is 177. The number of hydrogen-bond acceptors (Lipinski definition) is 1. The van der Waals surface area contributed by atoms with Crippen LogP contribution in [0.4, 0.5) is 0 Å². The lowest BCUT2D eigenvalue weighted by Gasteiger charge is -2.22. The molecule has 0 aliphatic carbocycles. The lowest BCUT2D eigenvalue weighted by atomic mass is 9.89. The molecule has 1 atom stereocenters. The van der Waals surface area contributed by atoms with Gasteiger partial charge in [0, 0.05) is 16.7 Å². The third-order valence-corrected chi connectivity index (χ3v) is 2.63. The van der Waals surface area contributed by atoms with Crippen LogP contribution in [-0.2, 0) is 4.79 Å². The third kappa shape index (κ3) is 8.04. The van der Waals surface area contributed by atoms with E-state index in [1.54, 1.807) is 0 Å². The van der Waals surface area contributed by atoms with Crippen LogP contribution in [-0.4, -0.2) is 14.9 Å². The number of aldehydes is 1. The summed E-state index contributed by atoms with van der Waals surface area (Å²) in [6.07, 6.45) is 1.97. The van der Waals surface area contributed by atoms with Gasteiger partial charge in [-0.1, -0.05) is 64.6 Å². The van der Waals surface area contributed by atoms with Crippen LogP contribution in [0, 0.1) is 5.41 Å². The minimum Gasteiger partial charge on any atom is -0.303 e. The highest BCUT2D eigenvalue weighted by Gasteiger charge is 2.28. The molecule has 1 unspecified atom stereocenters. The molecule has 0 heterocycles. The average molecular weight is 310 g/mol. The van der Waals surface area contributed by atoms with Gasteiger partial charge in [-0.2, -0.15) is 0 Å². The number of halogens is 4. The molecule has 0 spiro atoms. The van der Waals surface area contributed by atoms with Gasteiger partial charge in [0.15, 0.2) is 3.79 Å². The molecule has 0 bridgehead atoms. The summed E-state index contributed by atoms with van der Waals surface area (Å²) in [6.45, 7) is 3.71. The largest absolute Gasteiger partial charge is 0.303 e. The summed E-state index contributed by atoms with van der Waals surface area (Å²) in [5, 5.41) is 0. The van der Waals surface area contributed by atoms with E-state index < -0.39 is 3.79 Å². The molecule has 0 aliphatic heterocycles. The normalized spacial score (nSPS) is 15.5. The van der Waals surface area contributed by atoms with Crippen molar-refractivity contribution in [3.8, 4) is 0 Å². The van der Waals surface area contributed by atoms with Crippen LogP contribution in [0.3, 0.4) is 0 Å². The van der Waals surface area contributed by atoms with E-state index in [1.807, 2.05) is 13.8 Å². The van der Waals surface area contributed by atoms with Crippen molar-refractivity contribution >= 4 is 57.0 Å². The van der Waals surface area contributed by atoms with E-state index in [-0.39, 0.29) is 10.2 Å². The average Bonchev–Trinajstić information content (AvgIpc) is 1.81. The summed E-state index contributed by atoms with van der Waals surface area (Å²) in [6, 6.07) is 0. The molecular weight excluding hydrogens is 298 g/mol. The minimum atomic E-state index is -1.26. The van der Waals surface area contributed by atoms with Crippen LogP contribution in [0.5, 0.6) is 0 Å². The Morgan fingerprint density at radius 3 is 2.08 bits per heavy atom. The van der Waals surface area contributed by atoms with E-state index in [0.717, 1.165) is 6.29 Å². The minimum absolute atomic E-state index is 0.0419. The van der Waals surface area contributed by atoms with Gasteiger partial charge in [-0.15, -0.1) is 0 Å². The second kappa shape index (κ2) is 5.20. The number of rotatable bonds is 4. The summed E-state index contributed by atoms with van der Waals surface area (Å²) in [7, 11) is 0. The second-order valence-electron chi connectivity index (χ2n) is 3.73. The molecule has 0 aromatic carbocycles. The summed E-state index contributed by atoms with van der Waals surface area (Å²) in [4.78, 5) is 10.6. The highest BCUT2D eigenvalue weighted by molar-refractivity contribution is 9.09. The number of carbonyl (C=O) groups is 1. The van der Waals surface area contributed by atoms with Crippen LogP contribution in [0.2, 0.25) is 0 Å². The monoisotopic (exact) mass is 308 g/mol. The predicted octanol–water partition coefficient (Wildman–Crippen LogP) is 4.13. The Kier molecular flexibility index (Phi) is 5.61. The van der Waals surface area contributed by atoms with Gasteiger partial charge < -0.3 is 4.79 Å². The van der Waals surface area contributed by atoms with Crippen molar-refractivity contribution in [2.75, 3.05) is 0 Å². The first-order valence-electron chi connectivity index (χ1n) is 3.83. The lowest BCUT2D eigenvalue weighted by molar-refractivity contribution is -0.114. The van der Waals surface area contributed by atoms with E-state index in [1.165, 1.54) is 0 Å². The molecule has 0 rings (SSSR count). The molecule has 0 aromatic heterocycles. The molecule has 0 aliphatic rings. The Morgan fingerprint density at radius 2 is 1.77 bits per heavy atom. The number of carbonyl (C=O) groups excluding carboxylic acids is 1. The predicted molar refractivity (Wildman–Crippen MR) is 62.1 cm³/mol. The summed E-state index contributed by atoms with van der Waals surface area (Å²) in [5.74, 6) is 0. The first-order valence-corrected chi connectivity index (χ1v) is 5.88. The molecule has 13 heavy (non-hydrogen) atoms.